The third kappa shape index (κ3) is 5.62. The Morgan fingerprint density at radius 1 is 1.31 bits per heavy atom. The predicted molar refractivity (Wildman–Crippen MR) is 75.2 cm³/mol. The van der Waals surface area contributed by atoms with Crippen molar-refractivity contribution in [2.75, 3.05) is 0 Å². The monoisotopic (exact) mass is 254 g/mol. The lowest BCUT2D eigenvalue weighted by Gasteiger charge is -2.03. The van der Waals surface area contributed by atoms with E-state index < -0.39 is 0 Å². The van der Waals surface area contributed by atoms with Gasteiger partial charge in [-0.3, -0.25) is 0 Å². The molecule has 3 heteroatoms. The van der Waals surface area contributed by atoms with Gasteiger partial charge in [0.25, 0.3) is 6.13 Å². The van der Waals surface area contributed by atoms with Gasteiger partial charge in [0, 0.05) is 5.03 Å². The van der Waals surface area contributed by atoms with Crippen molar-refractivity contribution >= 4 is 29.2 Å². The van der Waals surface area contributed by atoms with E-state index in [-0.39, 0.29) is 6.13 Å². The zero-order valence-corrected chi connectivity index (χ0v) is 11.1. The van der Waals surface area contributed by atoms with Crippen LogP contribution in [0, 0.1) is 0 Å². The number of rotatable bonds is 6. The van der Waals surface area contributed by atoms with Crippen molar-refractivity contribution in [3.05, 3.63) is 46.9 Å². The molecule has 0 radical (unpaired) electrons. The molecule has 0 aliphatic heterocycles. The van der Waals surface area contributed by atoms with Gasteiger partial charge in [-0.15, -0.1) is 0 Å². The van der Waals surface area contributed by atoms with Crippen LogP contribution >= 0.6 is 23.1 Å². The van der Waals surface area contributed by atoms with E-state index in [2.05, 4.69) is 19.1 Å². The van der Waals surface area contributed by atoms with Gasteiger partial charge >= 0.3 is 0 Å². The predicted octanol–water partition coefficient (Wildman–Crippen LogP) is 4.85. The van der Waals surface area contributed by atoms with Gasteiger partial charge < -0.3 is 0 Å². The topological polar surface area (TPSA) is 0 Å². The minimum absolute atomic E-state index is 0.00763. The molecule has 0 atom stereocenters. The van der Waals surface area contributed by atoms with Crippen LogP contribution in [0.4, 0.5) is 0 Å². The molecular weight excluding hydrogens is 238 g/mol. The summed E-state index contributed by atoms with van der Waals surface area (Å²) in [4.78, 5) is 0. The molecule has 0 amide bonds. The van der Waals surface area contributed by atoms with Gasteiger partial charge in [0.1, 0.15) is 0 Å². The highest BCUT2D eigenvalue weighted by molar-refractivity contribution is 7.09. The average molecular weight is 255 g/mol. The van der Waals surface area contributed by atoms with E-state index >= 15 is 0 Å². The molecule has 0 saturated heterocycles. The second kappa shape index (κ2) is 7.81. The second-order valence-corrected chi connectivity index (χ2v) is 4.97. The summed E-state index contributed by atoms with van der Waals surface area (Å²) in [5.41, 5.74) is 1.25. The lowest BCUT2D eigenvalue weighted by atomic mass is 9.69. The third-order valence-electron chi connectivity index (χ3n) is 2.40. The quantitative estimate of drug-likeness (QED) is 0.637. The largest absolute Gasteiger partial charge is 0.281 e. The van der Waals surface area contributed by atoms with E-state index in [9.17, 15) is 0 Å². The van der Waals surface area contributed by atoms with Gasteiger partial charge in [0.2, 0.25) is 0 Å². The van der Waals surface area contributed by atoms with Crippen LogP contribution in [-0.2, 0) is 6.32 Å². The highest BCUT2D eigenvalue weighted by Crippen LogP contribution is 2.15. The maximum absolute atomic E-state index is 6.23. The minimum atomic E-state index is -0.00763. The number of halogens is 2. The smallest absolute Gasteiger partial charge is 0.189 e. The van der Waals surface area contributed by atoms with E-state index in [0.717, 1.165) is 30.6 Å². The molecule has 0 saturated carbocycles. The summed E-state index contributed by atoms with van der Waals surface area (Å²) in [7, 11) is 0. The van der Waals surface area contributed by atoms with E-state index in [1.165, 1.54) is 5.56 Å². The fourth-order valence-corrected chi connectivity index (χ4v) is 2.20. The summed E-state index contributed by atoms with van der Waals surface area (Å²) in [6.07, 6.45) is 4.06. The first-order valence-electron chi connectivity index (χ1n) is 5.76. The summed E-state index contributed by atoms with van der Waals surface area (Å²) < 4.78 is 0. The van der Waals surface area contributed by atoms with Crippen molar-refractivity contribution in [1.29, 1.82) is 0 Å². The van der Waals surface area contributed by atoms with Crippen molar-refractivity contribution < 1.29 is 0 Å². The molecule has 1 aromatic rings. The maximum atomic E-state index is 6.23. The van der Waals surface area contributed by atoms with Gasteiger partial charge in [0.15, 0.2) is 0 Å². The summed E-state index contributed by atoms with van der Waals surface area (Å²) in [5.74, 6) is 1.96. The Bertz CT molecular complexity index is 322. The molecular formula is C13H17BCl2. The Morgan fingerprint density at radius 3 is 2.62 bits per heavy atom. The summed E-state index contributed by atoms with van der Waals surface area (Å²) in [6.45, 7) is 2.16. The van der Waals surface area contributed by atoms with Gasteiger partial charge in [-0.2, -0.15) is 11.5 Å². The first-order chi connectivity index (χ1) is 7.72. The average Bonchev–Trinajstić information content (AvgIpc) is 2.27. The van der Waals surface area contributed by atoms with Crippen molar-refractivity contribution in [2.24, 2.45) is 0 Å². The third-order valence-corrected chi connectivity index (χ3v) is 3.00. The Morgan fingerprint density at radius 2 is 2.00 bits per heavy atom. The lowest BCUT2D eigenvalue weighted by Crippen LogP contribution is -2.06. The molecule has 0 bridgehead atoms. The molecule has 1 aromatic carbocycles. The zero-order valence-electron chi connectivity index (χ0n) is 9.63. The maximum Gasteiger partial charge on any atom is 0.281 e. The summed E-state index contributed by atoms with van der Waals surface area (Å²) in [5, 5.41) is 0.887. The van der Waals surface area contributed by atoms with Crippen LogP contribution < -0.4 is 0 Å². The number of unbranched alkanes of at least 4 members (excludes halogenated alkanes) is 1. The number of allylic oxidation sites excluding steroid dienone is 1. The molecule has 0 heterocycles. The van der Waals surface area contributed by atoms with Crippen LogP contribution in [0.15, 0.2) is 41.3 Å². The highest BCUT2D eigenvalue weighted by atomic mass is 35.5. The highest BCUT2D eigenvalue weighted by Gasteiger charge is 2.08. The Labute approximate surface area is 109 Å². The molecule has 0 aliphatic rings. The van der Waals surface area contributed by atoms with Crippen molar-refractivity contribution in [3.63, 3.8) is 0 Å². The van der Waals surface area contributed by atoms with Crippen LogP contribution in [0.3, 0.4) is 0 Å². The summed E-state index contributed by atoms with van der Waals surface area (Å²) >= 11 is 12.3. The normalized spacial score (nSPS) is 11.6. The van der Waals surface area contributed by atoms with Crippen LogP contribution in [0.5, 0.6) is 0 Å². The number of benzene rings is 1. The van der Waals surface area contributed by atoms with Gasteiger partial charge in [-0.25, -0.2) is 0 Å². The van der Waals surface area contributed by atoms with Crippen LogP contribution in [-0.4, -0.2) is 6.13 Å². The van der Waals surface area contributed by atoms with Gasteiger partial charge in [-0.05, 0) is 19.2 Å². The minimum Gasteiger partial charge on any atom is -0.189 e. The van der Waals surface area contributed by atoms with Crippen molar-refractivity contribution in [1.82, 2.24) is 0 Å². The van der Waals surface area contributed by atoms with E-state index in [4.69, 9.17) is 23.1 Å². The SMILES string of the molecule is CCCC/C(Cl)=C/B(Cl)Cc1ccccc1. The molecule has 0 N–H and O–H groups in total. The number of hydrogen-bond acceptors (Lipinski definition) is 0. The van der Waals surface area contributed by atoms with E-state index in [1.54, 1.807) is 0 Å². The van der Waals surface area contributed by atoms with Crippen LogP contribution in [0.25, 0.3) is 0 Å². The molecule has 86 valence electrons. The molecule has 0 aliphatic carbocycles. The zero-order chi connectivity index (χ0) is 11.8. The fraction of sp³-hybridized carbons (Fsp3) is 0.385. The Kier molecular flexibility index (Phi) is 6.67. The molecule has 0 nitrogen and oxygen atoms in total. The second-order valence-electron chi connectivity index (χ2n) is 3.92. The Hall–Kier alpha value is -0.395. The molecule has 16 heavy (non-hydrogen) atoms. The van der Waals surface area contributed by atoms with E-state index in [0.29, 0.717) is 0 Å². The Balaban J connectivity index is 2.43. The standard InChI is InChI=1S/C13H17BCl2/c1-2-3-9-13(15)11-14(16)10-12-7-5-4-6-8-12/h4-8,11H,2-3,9-10H2,1H3/b13-11-. The molecule has 0 aromatic heterocycles. The molecule has 0 spiro atoms. The molecule has 1 rings (SSSR count). The first kappa shape index (κ1) is 13.7. The van der Waals surface area contributed by atoms with Crippen LogP contribution in [0.2, 0.25) is 0 Å². The molecule has 0 unspecified atom stereocenters. The number of hydrogen-bond donors (Lipinski definition) is 0. The lowest BCUT2D eigenvalue weighted by molar-refractivity contribution is 0.808. The van der Waals surface area contributed by atoms with Crippen molar-refractivity contribution in [2.45, 2.75) is 32.5 Å². The van der Waals surface area contributed by atoms with Gasteiger partial charge in [0.05, 0.1) is 0 Å². The molecule has 0 fully saturated rings. The fourth-order valence-electron chi connectivity index (χ4n) is 1.52. The summed E-state index contributed by atoms with van der Waals surface area (Å²) in [6, 6.07) is 10.2. The van der Waals surface area contributed by atoms with Gasteiger partial charge in [-0.1, -0.05) is 66.8 Å². The van der Waals surface area contributed by atoms with Crippen LogP contribution in [0.1, 0.15) is 31.7 Å². The first-order valence-corrected chi connectivity index (χ1v) is 6.58. The van der Waals surface area contributed by atoms with E-state index in [1.807, 2.05) is 24.2 Å². The van der Waals surface area contributed by atoms with Crippen molar-refractivity contribution in [3.8, 4) is 0 Å².